The molecular weight excluding hydrogens is 323 g/mol. The number of nitrogens with one attached hydrogen (secondary N) is 1. The fraction of sp³-hybridized carbons (Fsp3) is 0.188. The summed E-state index contributed by atoms with van der Waals surface area (Å²) in [7, 11) is 1.82. The average Bonchev–Trinajstić information content (AvgIpc) is 2.51. The number of nitrogens with zero attached hydrogens (tertiary/aromatic N) is 1. The number of rotatable bonds is 5. The summed E-state index contributed by atoms with van der Waals surface area (Å²) in [6.45, 7) is 1.03. The van der Waals surface area contributed by atoms with E-state index in [9.17, 15) is 4.39 Å². The number of para-hydroxylation sites is 1. The molecule has 0 aliphatic carbocycles. The first-order valence-electron chi connectivity index (χ1n) is 6.71. The van der Waals surface area contributed by atoms with Crippen molar-refractivity contribution in [2.75, 3.05) is 25.5 Å². The highest BCUT2D eigenvalue weighted by molar-refractivity contribution is 7.80. The van der Waals surface area contributed by atoms with Crippen molar-refractivity contribution in [3.8, 4) is 5.75 Å². The summed E-state index contributed by atoms with van der Waals surface area (Å²) in [4.78, 5) is 1.79. The Bertz CT molecular complexity index is 636. The Morgan fingerprint density at radius 2 is 1.91 bits per heavy atom. The minimum Gasteiger partial charge on any atom is -0.492 e. The summed E-state index contributed by atoms with van der Waals surface area (Å²) < 4.78 is 19.1. The van der Waals surface area contributed by atoms with Crippen LogP contribution in [0.1, 0.15) is 0 Å². The van der Waals surface area contributed by atoms with Crippen LogP contribution in [0.5, 0.6) is 5.75 Å². The minimum atomic E-state index is -0.337. The summed E-state index contributed by atoms with van der Waals surface area (Å²) in [6.07, 6.45) is 0. The summed E-state index contributed by atoms with van der Waals surface area (Å²) in [5.74, 6) is 0.404. The number of benzene rings is 2. The van der Waals surface area contributed by atoms with E-state index in [1.165, 1.54) is 6.07 Å². The number of thiocarbonyl (C=S) groups is 1. The molecule has 0 aliphatic rings. The van der Waals surface area contributed by atoms with Crippen molar-refractivity contribution in [1.29, 1.82) is 0 Å². The molecule has 0 radical (unpaired) electrons. The van der Waals surface area contributed by atoms with E-state index in [2.05, 4.69) is 5.32 Å². The molecule has 2 rings (SSSR count). The predicted molar refractivity (Wildman–Crippen MR) is 92.2 cm³/mol. The van der Waals surface area contributed by atoms with Crippen LogP contribution in [0.3, 0.4) is 0 Å². The lowest BCUT2D eigenvalue weighted by Gasteiger charge is -2.21. The normalized spacial score (nSPS) is 10.1. The molecule has 0 saturated heterocycles. The van der Waals surface area contributed by atoms with E-state index in [0.717, 1.165) is 5.75 Å². The Labute approximate surface area is 139 Å². The predicted octanol–water partition coefficient (Wildman–Crippen LogP) is 4.19. The van der Waals surface area contributed by atoms with E-state index in [-0.39, 0.29) is 5.82 Å². The smallest absolute Gasteiger partial charge is 0.173 e. The van der Waals surface area contributed by atoms with E-state index in [0.29, 0.717) is 29.0 Å². The second-order valence-electron chi connectivity index (χ2n) is 4.63. The Balaban J connectivity index is 1.79. The maximum absolute atomic E-state index is 13.5. The van der Waals surface area contributed by atoms with Crippen molar-refractivity contribution in [3.05, 3.63) is 59.4 Å². The van der Waals surface area contributed by atoms with Gasteiger partial charge in [-0.25, -0.2) is 4.39 Å². The standard InChI is InChI=1S/C16H16ClFN2OS/c1-20(10-11-21-13-8-6-12(17)7-9-13)16(22)19-15-5-3-2-4-14(15)18/h2-9H,10-11H2,1H3,(H,19,22). The number of halogens is 2. The molecule has 1 N–H and O–H groups in total. The molecule has 2 aromatic rings. The van der Waals surface area contributed by atoms with Crippen molar-refractivity contribution in [3.63, 3.8) is 0 Å². The van der Waals surface area contributed by atoms with Crippen LogP contribution < -0.4 is 10.1 Å². The molecule has 6 heteroatoms. The zero-order valence-corrected chi connectivity index (χ0v) is 13.6. The summed E-state index contributed by atoms with van der Waals surface area (Å²) in [5.41, 5.74) is 0.359. The van der Waals surface area contributed by atoms with Crippen molar-refractivity contribution in [2.45, 2.75) is 0 Å². The van der Waals surface area contributed by atoms with Crippen LogP contribution in [-0.2, 0) is 0 Å². The average molecular weight is 339 g/mol. The van der Waals surface area contributed by atoms with Crippen LogP contribution in [0.2, 0.25) is 5.02 Å². The fourth-order valence-corrected chi connectivity index (χ4v) is 2.03. The summed E-state index contributed by atoms with van der Waals surface area (Å²) in [6, 6.07) is 13.5. The van der Waals surface area contributed by atoms with Crippen molar-refractivity contribution < 1.29 is 9.13 Å². The van der Waals surface area contributed by atoms with Gasteiger partial charge in [0.15, 0.2) is 5.11 Å². The molecule has 116 valence electrons. The molecular formula is C16H16ClFN2OS. The monoisotopic (exact) mass is 338 g/mol. The lowest BCUT2D eigenvalue weighted by Crippen LogP contribution is -2.34. The molecule has 0 saturated carbocycles. The molecule has 2 aromatic carbocycles. The van der Waals surface area contributed by atoms with Crippen LogP contribution >= 0.6 is 23.8 Å². The number of hydrogen-bond donors (Lipinski definition) is 1. The van der Waals surface area contributed by atoms with Gasteiger partial charge in [0.2, 0.25) is 0 Å². The Morgan fingerprint density at radius 3 is 2.59 bits per heavy atom. The number of likely N-dealkylation sites (N-methyl/N-ethyl adjacent to an activating group) is 1. The number of ether oxygens (including phenoxy) is 1. The van der Waals surface area contributed by atoms with Crippen LogP contribution in [0.25, 0.3) is 0 Å². The molecule has 3 nitrogen and oxygen atoms in total. The third-order valence-corrected chi connectivity index (χ3v) is 3.64. The first-order valence-corrected chi connectivity index (χ1v) is 7.50. The third kappa shape index (κ3) is 4.86. The van der Waals surface area contributed by atoms with Crippen LogP contribution in [-0.4, -0.2) is 30.2 Å². The molecule has 0 aliphatic heterocycles. The van der Waals surface area contributed by atoms with Crippen molar-refractivity contribution >= 4 is 34.6 Å². The van der Waals surface area contributed by atoms with E-state index >= 15 is 0 Å². The van der Waals surface area contributed by atoms with Gasteiger partial charge in [0.05, 0.1) is 12.2 Å². The topological polar surface area (TPSA) is 24.5 Å². The third-order valence-electron chi connectivity index (χ3n) is 2.97. The molecule has 22 heavy (non-hydrogen) atoms. The Morgan fingerprint density at radius 1 is 1.23 bits per heavy atom. The van der Waals surface area contributed by atoms with E-state index in [1.807, 2.05) is 7.05 Å². The maximum atomic E-state index is 13.5. The van der Waals surface area contributed by atoms with Gasteiger partial charge >= 0.3 is 0 Å². The Kier molecular flexibility index (Phi) is 5.98. The second-order valence-corrected chi connectivity index (χ2v) is 5.46. The van der Waals surface area contributed by atoms with Crippen molar-refractivity contribution in [1.82, 2.24) is 4.90 Å². The lowest BCUT2D eigenvalue weighted by atomic mass is 10.3. The molecule has 0 bridgehead atoms. The maximum Gasteiger partial charge on any atom is 0.173 e. The van der Waals surface area contributed by atoms with Gasteiger partial charge in [-0.05, 0) is 48.6 Å². The van der Waals surface area contributed by atoms with Gasteiger partial charge in [-0.15, -0.1) is 0 Å². The van der Waals surface area contributed by atoms with E-state index in [4.69, 9.17) is 28.6 Å². The molecule has 0 fully saturated rings. The quantitative estimate of drug-likeness (QED) is 0.826. The lowest BCUT2D eigenvalue weighted by molar-refractivity contribution is 0.285. The zero-order valence-electron chi connectivity index (χ0n) is 12.1. The highest BCUT2D eigenvalue weighted by Gasteiger charge is 2.07. The van der Waals surface area contributed by atoms with Gasteiger partial charge < -0.3 is 15.0 Å². The molecule has 0 spiro atoms. The molecule has 0 unspecified atom stereocenters. The Hall–Kier alpha value is -1.85. The fourth-order valence-electron chi connectivity index (χ4n) is 1.71. The summed E-state index contributed by atoms with van der Waals surface area (Å²) in [5, 5.41) is 3.98. The zero-order chi connectivity index (χ0) is 15.9. The molecule has 0 atom stereocenters. The van der Waals surface area contributed by atoms with Gasteiger partial charge in [0.25, 0.3) is 0 Å². The van der Waals surface area contributed by atoms with Crippen molar-refractivity contribution in [2.24, 2.45) is 0 Å². The van der Waals surface area contributed by atoms with Gasteiger partial charge in [0, 0.05) is 12.1 Å². The van der Waals surface area contributed by atoms with E-state index in [1.54, 1.807) is 47.4 Å². The highest BCUT2D eigenvalue weighted by atomic mass is 35.5. The van der Waals surface area contributed by atoms with E-state index < -0.39 is 0 Å². The van der Waals surface area contributed by atoms with Crippen LogP contribution in [0.15, 0.2) is 48.5 Å². The van der Waals surface area contributed by atoms with Gasteiger partial charge in [-0.2, -0.15) is 0 Å². The van der Waals surface area contributed by atoms with Crippen LogP contribution in [0, 0.1) is 5.82 Å². The number of hydrogen-bond acceptors (Lipinski definition) is 2. The highest BCUT2D eigenvalue weighted by Crippen LogP contribution is 2.15. The number of anilines is 1. The van der Waals surface area contributed by atoms with Gasteiger partial charge in [0.1, 0.15) is 18.2 Å². The van der Waals surface area contributed by atoms with Gasteiger partial charge in [-0.1, -0.05) is 23.7 Å². The molecule has 0 amide bonds. The SMILES string of the molecule is CN(CCOc1ccc(Cl)cc1)C(=S)Nc1ccccc1F. The minimum absolute atomic E-state index is 0.337. The summed E-state index contributed by atoms with van der Waals surface area (Å²) >= 11 is 11.0. The second kappa shape index (κ2) is 7.96. The van der Waals surface area contributed by atoms with Gasteiger partial charge in [-0.3, -0.25) is 0 Å². The molecule has 0 heterocycles. The molecule has 0 aromatic heterocycles. The first kappa shape index (κ1) is 16.5. The largest absolute Gasteiger partial charge is 0.492 e. The first-order chi connectivity index (χ1) is 10.6. The van der Waals surface area contributed by atoms with Crippen LogP contribution in [0.4, 0.5) is 10.1 Å².